The van der Waals surface area contributed by atoms with Crippen LogP contribution in [-0.2, 0) is 13.0 Å². The Balaban J connectivity index is 2.08. The van der Waals surface area contributed by atoms with Crippen LogP contribution in [-0.4, -0.2) is 47.3 Å². The zero-order valence-corrected chi connectivity index (χ0v) is 14.7. The van der Waals surface area contributed by atoms with Gasteiger partial charge in [-0.1, -0.05) is 6.92 Å². The predicted octanol–water partition coefficient (Wildman–Crippen LogP) is 2.77. The lowest BCUT2D eigenvalue weighted by molar-refractivity contribution is -0.385. The predicted molar refractivity (Wildman–Crippen MR) is 93.1 cm³/mol. The number of rotatable bonds is 6. The van der Waals surface area contributed by atoms with Crippen molar-refractivity contribution < 1.29 is 14.4 Å². The molecule has 134 valence electrons. The highest BCUT2D eigenvalue weighted by atomic mass is 16.6. The largest absolute Gasteiger partial charge is 0.493 e. The summed E-state index contributed by atoms with van der Waals surface area (Å²) in [6.45, 7) is 4.96. The van der Waals surface area contributed by atoms with E-state index < -0.39 is 4.92 Å². The van der Waals surface area contributed by atoms with Crippen LogP contribution in [0.25, 0.3) is 11.3 Å². The van der Waals surface area contributed by atoms with Gasteiger partial charge in [0, 0.05) is 42.4 Å². The molecule has 1 aromatic carbocycles. The summed E-state index contributed by atoms with van der Waals surface area (Å²) in [5.41, 5.74) is 3.45. The smallest absolute Gasteiger partial charge is 0.315 e. The number of ether oxygens (including phenoxy) is 2. The van der Waals surface area contributed by atoms with E-state index in [0.717, 1.165) is 49.4 Å². The first kappa shape index (κ1) is 17.2. The maximum Gasteiger partial charge on any atom is 0.315 e. The SMILES string of the molecule is CCCN1CCc2[nH]nc(-c3cc(OC)c(OC)c([N+](=O)[O-])c3)c2C1. The van der Waals surface area contributed by atoms with Crippen LogP contribution < -0.4 is 9.47 Å². The standard InChI is InChI=1S/C17H22N4O4/c1-4-6-20-7-5-13-12(10-20)16(19-18-13)11-8-14(21(22)23)17(25-3)15(9-11)24-2/h8-9H,4-7,10H2,1-3H3,(H,18,19). The van der Waals surface area contributed by atoms with Gasteiger partial charge in [0.15, 0.2) is 5.75 Å². The highest BCUT2D eigenvalue weighted by molar-refractivity contribution is 5.73. The highest BCUT2D eigenvalue weighted by Crippen LogP contribution is 2.41. The Labute approximate surface area is 145 Å². The van der Waals surface area contributed by atoms with Crippen molar-refractivity contribution in [3.8, 4) is 22.8 Å². The van der Waals surface area contributed by atoms with E-state index in [1.54, 1.807) is 6.07 Å². The van der Waals surface area contributed by atoms with Crippen molar-refractivity contribution in [3.05, 3.63) is 33.5 Å². The Morgan fingerprint density at radius 1 is 1.36 bits per heavy atom. The lowest BCUT2D eigenvalue weighted by Gasteiger charge is -2.26. The summed E-state index contributed by atoms with van der Waals surface area (Å²) in [4.78, 5) is 13.3. The van der Waals surface area contributed by atoms with Crippen LogP contribution >= 0.6 is 0 Å². The van der Waals surface area contributed by atoms with E-state index in [2.05, 4.69) is 22.0 Å². The van der Waals surface area contributed by atoms with Crippen LogP contribution in [0.1, 0.15) is 24.6 Å². The van der Waals surface area contributed by atoms with Crippen molar-refractivity contribution in [2.24, 2.45) is 0 Å². The van der Waals surface area contributed by atoms with Crippen molar-refractivity contribution in [2.75, 3.05) is 27.3 Å². The first-order valence-electron chi connectivity index (χ1n) is 8.28. The molecule has 8 heteroatoms. The molecule has 0 saturated carbocycles. The third kappa shape index (κ3) is 3.17. The average Bonchev–Trinajstić information content (AvgIpc) is 3.03. The average molecular weight is 346 g/mol. The third-order valence-corrected chi connectivity index (χ3v) is 4.48. The number of hydrogen-bond acceptors (Lipinski definition) is 6. The number of methoxy groups -OCH3 is 2. The van der Waals surface area contributed by atoms with Crippen molar-refractivity contribution in [1.29, 1.82) is 0 Å². The van der Waals surface area contributed by atoms with Gasteiger partial charge in [-0.2, -0.15) is 5.10 Å². The second-order valence-corrected chi connectivity index (χ2v) is 6.04. The van der Waals surface area contributed by atoms with Gasteiger partial charge in [-0.15, -0.1) is 0 Å². The van der Waals surface area contributed by atoms with Crippen LogP contribution in [0.3, 0.4) is 0 Å². The fraction of sp³-hybridized carbons (Fsp3) is 0.471. The number of hydrogen-bond donors (Lipinski definition) is 1. The molecule has 2 heterocycles. The molecule has 1 aromatic heterocycles. The van der Waals surface area contributed by atoms with E-state index >= 15 is 0 Å². The van der Waals surface area contributed by atoms with Crippen LogP contribution in [0.2, 0.25) is 0 Å². The number of nitro benzene ring substituents is 1. The molecule has 1 N–H and O–H groups in total. The fourth-order valence-corrected chi connectivity index (χ4v) is 3.31. The molecule has 0 atom stereocenters. The van der Waals surface area contributed by atoms with Crippen LogP contribution in [0.15, 0.2) is 12.1 Å². The quantitative estimate of drug-likeness (QED) is 0.638. The van der Waals surface area contributed by atoms with E-state index in [-0.39, 0.29) is 11.4 Å². The molecule has 0 unspecified atom stereocenters. The van der Waals surface area contributed by atoms with Crippen molar-refractivity contribution >= 4 is 5.69 Å². The normalized spacial score (nSPS) is 14.2. The topological polar surface area (TPSA) is 93.5 Å². The monoisotopic (exact) mass is 346 g/mol. The second-order valence-electron chi connectivity index (χ2n) is 6.04. The molecule has 2 aromatic rings. The molecule has 0 saturated heterocycles. The molecule has 0 bridgehead atoms. The van der Waals surface area contributed by atoms with Gasteiger partial charge in [0.1, 0.15) is 0 Å². The molecular weight excluding hydrogens is 324 g/mol. The molecule has 1 aliphatic rings. The molecule has 0 radical (unpaired) electrons. The highest BCUT2D eigenvalue weighted by Gasteiger charge is 2.27. The van der Waals surface area contributed by atoms with Crippen LogP contribution in [0.5, 0.6) is 11.5 Å². The number of nitro groups is 1. The third-order valence-electron chi connectivity index (χ3n) is 4.48. The Hall–Kier alpha value is -2.61. The molecule has 3 rings (SSSR count). The summed E-state index contributed by atoms with van der Waals surface area (Å²) in [5, 5.41) is 18.9. The van der Waals surface area contributed by atoms with Crippen LogP contribution in [0.4, 0.5) is 5.69 Å². The zero-order valence-electron chi connectivity index (χ0n) is 14.7. The molecule has 0 spiro atoms. The van der Waals surface area contributed by atoms with Crippen molar-refractivity contribution in [3.63, 3.8) is 0 Å². The molecule has 0 amide bonds. The summed E-state index contributed by atoms with van der Waals surface area (Å²) in [6.07, 6.45) is 1.99. The van der Waals surface area contributed by atoms with Gasteiger partial charge >= 0.3 is 5.69 Å². The Morgan fingerprint density at radius 2 is 2.16 bits per heavy atom. The second kappa shape index (κ2) is 7.10. The Bertz CT molecular complexity index is 787. The summed E-state index contributed by atoms with van der Waals surface area (Å²) in [5.74, 6) is 0.443. The number of H-pyrrole nitrogens is 1. The minimum absolute atomic E-state index is 0.119. The number of aromatic nitrogens is 2. The van der Waals surface area contributed by atoms with E-state index in [4.69, 9.17) is 9.47 Å². The summed E-state index contributed by atoms with van der Waals surface area (Å²) in [7, 11) is 2.86. The first-order valence-corrected chi connectivity index (χ1v) is 8.28. The van der Waals surface area contributed by atoms with Gasteiger partial charge < -0.3 is 9.47 Å². The minimum Gasteiger partial charge on any atom is -0.493 e. The van der Waals surface area contributed by atoms with Gasteiger partial charge in [0.25, 0.3) is 0 Å². The molecular formula is C17H22N4O4. The Morgan fingerprint density at radius 3 is 2.80 bits per heavy atom. The Kier molecular flexibility index (Phi) is 4.89. The van der Waals surface area contributed by atoms with E-state index in [0.29, 0.717) is 11.3 Å². The number of aromatic amines is 1. The van der Waals surface area contributed by atoms with E-state index in [1.165, 1.54) is 20.3 Å². The van der Waals surface area contributed by atoms with Gasteiger partial charge in [-0.05, 0) is 19.0 Å². The van der Waals surface area contributed by atoms with E-state index in [9.17, 15) is 10.1 Å². The van der Waals surface area contributed by atoms with Gasteiger partial charge in [-0.3, -0.25) is 20.1 Å². The maximum atomic E-state index is 11.4. The minimum atomic E-state index is -0.465. The first-order chi connectivity index (χ1) is 12.1. The lowest BCUT2D eigenvalue weighted by atomic mass is 10.00. The number of fused-ring (bicyclic) bond motifs is 1. The molecule has 0 aliphatic carbocycles. The van der Waals surface area contributed by atoms with Gasteiger partial charge in [-0.25, -0.2) is 0 Å². The molecule has 0 fully saturated rings. The van der Waals surface area contributed by atoms with Crippen LogP contribution in [0, 0.1) is 10.1 Å². The molecule has 1 aliphatic heterocycles. The van der Waals surface area contributed by atoms with E-state index in [1.807, 2.05) is 0 Å². The zero-order chi connectivity index (χ0) is 18.0. The van der Waals surface area contributed by atoms with Crippen molar-refractivity contribution in [2.45, 2.75) is 26.3 Å². The molecule has 8 nitrogen and oxygen atoms in total. The summed E-state index contributed by atoms with van der Waals surface area (Å²) < 4.78 is 10.5. The lowest BCUT2D eigenvalue weighted by Crippen LogP contribution is -2.31. The van der Waals surface area contributed by atoms with Crippen molar-refractivity contribution in [1.82, 2.24) is 15.1 Å². The number of nitrogens with zero attached hydrogens (tertiary/aromatic N) is 3. The van der Waals surface area contributed by atoms with Gasteiger partial charge in [0.2, 0.25) is 5.75 Å². The van der Waals surface area contributed by atoms with Gasteiger partial charge in [0.05, 0.1) is 24.8 Å². The number of benzene rings is 1. The number of nitrogens with one attached hydrogen (secondary N) is 1. The summed E-state index contributed by atoms with van der Waals surface area (Å²) in [6, 6.07) is 3.23. The molecule has 25 heavy (non-hydrogen) atoms. The fourth-order valence-electron chi connectivity index (χ4n) is 3.31. The maximum absolute atomic E-state index is 11.4. The summed E-state index contributed by atoms with van der Waals surface area (Å²) >= 11 is 0.